The number of ether oxygens (including phenoxy) is 3. The number of carbonyl (C=O) groups excluding carboxylic acids is 2. The van der Waals surface area contributed by atoms with Crippen molar-refractivity contribution in [3.63, 3.8) is 0 Å². The lowest BCUT2D eigenvalue weighted by molar-refractivity contribution is -0.141. The Labute approximate surface area is 286 Å². The minimum Gasteiger partial charge on any atom is -0.491 e. The van der Waals surface area contributed by atoms with Crippen LogP contribution in [-0.2, 0) is 25.6 Å². The van der Waals surface area contributed by atoms with Crippen LogP contribution in [-0.4, -0.2) is 90.2 Å². The van der Waals surface area contributed by atoms with E-state index in [1.807, 2.05) is 39.0 Å². The van der Waals surface area contributed by atoms with Crippen molar-refractivity contribution in [1.29, 1.82) is 0 Å². The predicted molar refractivity (Wildman–Crippen MR) is 180 cm³/mol. The molecule has 1 aliphatic rings. The minimum atomic E-state index is -0.818. The Kier molecular flexibility index (Phi) is 16.4. The van der Waals surface area contributed by atoms with Crippen LogP contribution in [0, 0.1) is 19.8 Å². The van der Waals surface area contributed by atoms with Gasteiger partial charge in [-0.15, -0.1) is 36.2 Å². The third-order valence-corrected chi connectivity index (χ3v) is 8.38. The number of thiazole rings is 1. The topological polar surface area (TPSA) is 162 Å². The molecule has 2 aromatic heterocycles. The lowest BCUT2D eigenvalue weighted by atomic mass is 9.91. The number of rotatable bonds is 16. The highest BCUT2D eigenvalue weighted by molar-refractivity contribution is 7.13. The first kappa shape index (κ1) is 39.4. The van der Waals surface area contributed by atoms with Gasteiger partial charge >= 0.3 is 0 Å². The first-order valence-corrected chi connectivity index (χ1v) is 15.8. The molecule has 0 bridgehead atoms. The second kappa shape index (κ2) is 19.1. The van der Waals surface area contributed by atoms with Crippen molar-refractivity contribution in [1.82, 2.24) is 20.4 Å². The van der Waals surface area contributed by atoms with Crippen molar-refractivity contribution < 1.29 is 33.4 Å². The van der Waals surface area contributed by atoms with Crippen molar-refractivity contribution in [2.45, 2.75) is 58.7 Å². The van der Waals surface area contributed by atoms with E-state index in [1.165, 1.54) is 4.90 Å². The van der Waals surface area contributed by atoms with Crippen LogP contribution in [0.5, 0.6) is 5.75 Å². The summed E-state index contributed by atoms with van der Waals surface area (Å²) in [5.41, 5.74) is 10.6. The van der Waals surface area contributed by atoms with Crippen molar-refractivity contribution in [3.05, 3.63) is 52.5 Å². The molecule has 0 spiro atoms. The van der Waals surface area contributed by atoms with Gasteiger partial charge in [0.05, 0.1) is 54.3 Å². The molecule has 3 aromatic rings. The van der Waals surface area contributed by atoms with E-state index in [4.69, 9.17) is 24.5 Å². The van der Waals surface area contributed by atoms with Crippen LogP contribution >= 0.6 is 36.2 Å². The third kappa shape index (κ3) is 10.4. The van der Waals surface area contributed by atoms with Gasteiger partial charge in [-0.25, -0.2) is 4.98 Å². The fourth-order valence-corrected chi connectivity index (χ4v) is 6.02. The zero-order valence-corrected chi connectivity index (χ0v) is 29.1. The molecule has 12 nitrogen and oxygen atoms in total. The van der Waals surface area contributed by atoms with E-state index >= 15 is 0 Å². The molecule has 1 fully saturated rings. The van der Waals surface area contributed by atoms with Crippen LogP contribution in [0.1, 0.15) is 48.9 Å². The number of aryl methyl sites for hydroxylation is 2. The molecular weight excluding hydrogens is 657 g/mol. The largest absolute Gasteiger partial charge is 0.491 e. The van der Waals surface area contributed by atoms with Crippen LogP contribution in [0.3, 0.4) is 0 Å². The average Bonchev–Trinajstić information content (AvgIpc) is 3.73. The SMILES string of the molecule is Cc1cc(C(C(=O)N2C[C@H](O)C[C@H]2C(=O)NCc2ccc(-c3scnc3C)cc2OCCOCCOCCN)C(C)C)on1.Cl.Cl. The Morgan fingerprint density at radius 2 is 1.85 bits per heavy atom. The van der Waals surface area contributed by atoms with Gasteiger partial charge in [-0.1, -0.05) is 31.1 Å². The van der Waals surface area contributed by atoms with E-state index in [1.54, 1.807) is 29.8 Å². The van der Waals surface area contributed by atoms with Crippen LogP contribution in [0.25, 0.3) is 10.4 Å². The molecular formula is C31H45Cl2N5O7S. The Balaban J connectivity index is 0.00000368. The molecule has 15 heteroatoms. The van der Waals surface area contributed by atoms with E-state index in [2.05, 4.69) is 15.5 Å². The highest BCUT2D eigenvalue weighted by Crippen LogP contribution is 2.33. The van der Waals surface area contributed by atoms with Gasteiger partial charge in [0.25, 0.3) is 0 Å². The van der Waals surface area contributed by atoms with E-state index < -0.39 is 18.1 Å². The van der Waals surface area contributed by atoms with E-state index in [9.17, 15) is 14.7 Å². The van der Waals surface area contributed by atoms with Crippen LogP contribution in [0.2, 0.25) is 0 Å². The fourth-order valence-electron chi connectivity index (χ4n) is 5.22. The Morgan fingerprint density at radius 1 is 1.13 bits per heavy atom. The van der Waals surface area contributed by atoms with Crippen LogP contribution in [0.15, 0.2) is 34.3 Å². The Morgan fingerprint density at radius 3 is 2.48 bits per heavy atom. The molecule has 1 aliphatic heterocycles. The normalized spacial score (nSPS) is 16.5. The number of aliphatic hydroxyl groups excluding tert-OH is 1. The van der Waals surface area contributed by atoms with Crippen molar-refractivity contribution in [2.75, 3.05) is 46.1 Å². The molecule has 3 atom stereocenters. The second-order valence-electron chi connectivity index (χ2n) is 11.2. The molecule has 256 valence electrons. The minimum absolute atomic E-state index is 0. The van der Waals surface area contributed by atoms with Crippen molar-refractivity contribution >= 4 is 48.0 Å². The van der Waals surface area contributed by atoms with Crippen LogP contribution < -0.4 is 15.8 Å². The summed E-state index contributed by atoms with van der Waals surface area (Å²) in [6.07, 6.45) is -0.655. The highest BCUT2D eigenvalue weighted by Gasteiger charge is 2.43. The summed E-state index contributed by atoms with van der Waals surface area (Å²) in [7, 11) is 0. The van der Waals surface area contributed by atoms with Crippen LogP contribution in [0.4, 0.5) is 0 Å². The molecule has 0 saturated carbocycles. The number of likely N-dealkylation sites (tertiary alicyclic amines) is 1. The summed E-state index contributed by atoms with van der Waals surface area (Å²) < 4.78 is 22.5. The number of benzene rings is 1. The van der Waals surface area contributed by atoms with Crippen molar-refractivity contribution in [3.8, 4) is 16.2 Å². The van der Waals surface area contributed by atoms with Gasteiger partial charge in [-0.2, -0.15) is 0 Å². The Bertz CT molecular complexity index is 1390. The molecule has 1 aromatic carbocycles. The molecule has 1 saturated heterocycles. The first-order valence-electron chi connectivity index (χ1n) is 14.9. The third-order valence-electron chi connectivity index (χ3n) is 7.40. The number of aromatic nitrogens is 2. The van der Waals surface area contributed by atoms with E-state index in [0.717, 1.165) is 21.7 Å². The summed E-state index contributed by atoms with van der Waals surface area (Å²) >= 11 is 1.54. The highest BCUT2D eigenvalue weighted by atomic mass is 35.5. The van der Waals surface area contributed by atoms with Crippen molar-refractivity contribution in [2.24, 2.45) is 11.7 Å². The number of halogens is 2. The predicted octanol–water partition coefficient (Wildman–Crippen LogP) is 3.65. The molecule has 4 rings (SSSR count). The standard InChI is InChI=1S/C31H43N5O7S.2ClH/c1-19(2)28(27-13-20(3)35-43-27)31(39)36-17-24(37)15-25(36)30(38)33-16-23-6-5-22(29-21(4)34-18-44-29)14-26(23)42-12-11-41-10-9-40-8-7-32;;/h5-6,13-14,18-19,24-25,28,37H,7-12,15-17,32H2,1-4H3,(H,33,38);2*1H/t24-,25+,28?;;/m1../s1. The maximum Gasteiger partial charge on any atom is 0.243 e. The number of hydrogen-bond acceptors (Lipinski definition) is 11. The van der Waals surface area contributed by atoms with Gasteiger partial charge in [-0.3, -0.25) is 9.59 Å². The summed E-state index contributed by atoms with van der Waals surface area (Å²) in [5, 5.41) is 17.4. The fraction of sp³-hybridized carbons (Fsp3) is 0.548. The number of aliphatic hydroxyl groups is 1. The smallest absolute Gasteiger partial charge is 0.243 e. The number of nitrogens with zero attached hydrogens (tertiary/aromatic N) is 3. The van der Waals surface area contributed by atoms with Gasteiger partial charge in [0.15, 0.2) is 0 Å². The Hall–Kier alpha value is -2.78. The number of carbonyl (C=O) groups is 2. The summed E-state index contributed by atoms with van der Waals surface area (Å²) in [6.45, 7) is 10.3. The van der Waals surface area contributed by atoms with E-state index in [-0.39, 0.29) is 62.1 Å². The number of hydrogen-bond donors (Lipinski definition) is 3. The second-order valence-corrected chi connectivity index (χ2v) is 12.0. The monoisotopic (exact) mass is 701 g/mol. The molecule has 0 radical (unpaired) electrons. The molecule has 4 N–H and O–H groups in total. The van der Waals surface area contributed by atoms with Gasteiger partial charge in [0.2, 0.25) is 11.8 Å². The lowest BCUT2D eigenvalue weighted by Gasteiger charge is -2.28. The first-order chi connectivity index (χ1) is 21.2. The van der Waals surface area contributed by atoms with Gasteiger partial charge in [-0.05, 0) is 31.4 Å². The summed E-state index contributed by atoms with van der Waals surface area (Å²) in [5.74, 6) is -0.269. The van der Waals surface area contributed by atoms with E-state index in [0.29, 0.717) is 56.8 Å². The summed E-state index contributed by atoms with van der Waals surface area (Å²) in [6, 6.07) is 6.75. The quantitative estimate of drug-likeness (QED) is 0.188. The molecule has 2 amide bonds. The van der Waals surface area contributed by atoms with Gasteiger partial charge in [0, 0.05) is 37.7 Å². The molecule has 46 heavy (non-hydrogen) atoms. The number of nitrogens with two attached hydrogens (primary N) is 1. The number of amides is 2. The number of nitrogens with one attached hydrogen (secondary N) is 1. The maximum atomic E-state index is 13.7. The molecule has 1 unspecified atom stereocenters. The zero-order valence-electron chi connectivity index (χ0n) is 26.6. The number of β-amino-alcohol motifs (C(OH)–C–C–N with tert-alkyl or cyclic N) is 1. The molecule has 3 heterocycles. The maximum absolute atomic E-state index is 13.7. The van der Waals surface area contributed by atoms with Gasteiger partial charge in [0.1, 0.15) is 30.1 Å². The zero-order chi connectivity index (χ0) is 31.6. The van der Waals surface area contributed by atoms with Gasteiger partial charge < -0.3 is 39.8 Å². The molecule has 0 aliphatic carbocycles. The summed E-state index contributed by atoms with van der Waals surface area (Å²) in [4.78, 5) is 34.1. The average molecular weight is 703 g/mol. The lowest BCUT2D eigenvalue weighted by Crippen LogP contribution is -2.48.